The van der Waals surface area contributed by atoms with Crippen molar-refractivity contribution in [2.45, 2.75) is 0 Å². The summed E-state index contributed by atoms with van der Waals surface area (Å²) in [6, 6.07) is 20.7. The third-order valence-corrected chi connectivity index (χ3v) is 2.91. The van der Waals surface area contributed by atoms with E-state index in [4.69, 9.17) is 0 Å². The number of para-hydroxylation sites is 2. The summed E-state index contributed by atoms with van der Waals surface area (Å²) in [5, 5.41) is 3.28. The van der Waals surface area contributed by atoms with Crippen LogP contribution in [0.15, 0.2) is 72.7 Å². The summed E-state index contributed by atoms with van der Waals surface area (Å²) >= 11 is 0. The van der Waals surface area contributed by atoms with E-state index in [0.717, 1.165) is 17.2 Å². The van der Waals surface area contributed by atoms with Crippen molar-refractivity contribution >= 4 is 11.4 Å². The molecule has 0 radical (unpaired) electrons. The molecule has 0 fully saturated rings. The van der Waals surface area contributed by atoms with Gasteiger partial charge in [-0.15, -0.1) is 0 Å². The van der Waals surface area contributed by atoms with Crippen LogP contribution in [0.5, 0.6) is 0 Å². The normalized spacial score (nSPS) is 11.1. The minimum atomic E-state index is 1.02. The van der Waals surface area contributed by atoms with E-state index in [-0.39, 0.29) is 0 Å². The molecule has 0 aliphatic rings. The Morgan fingerprint density at radius 2 is 1.30 bits per heavy atom. The van der Waals surface area contributed by atoms with Gasteiger partial charge in [0.25, 0.3) is 0 Å². The van der Waals surface area contributed by atoms with Crippen LogP contribution in [0, 0.1) is 0 Å². The highest BCUT2D eigenvalue weighted by molar-refractivity contribution is 5.67. The van der Waals surface area contributed by atoms with Crippen LogP contribution in [-0.2, 0) is 0 Å². The molecule has 0 saturated carbocycles. The summed E-state index contributed by atoms with van der Waals surface area (Å²) in [7, 11) is 5.98. The van der Waals surface area contributed by atoms with Crippen molar-refractivity contribution in [3.63, 3.8) is 0 Å². The van der Waals surface area contributed by atoms with Gasteiger partial charge in [0.05, 0.1) is 0 Å². The fraction of sp³-hybridized carbons (Fsp3) is 0.176. The van der Waals surface area contributed by atoms with E-state index in [1.807, 2.05) is 62.4 Å². The molecule has 104 valence electrons. The van der Waals surface area contributed by atoms with E-state index in [9.17, 15) is 0 Å². The molecule has 0 saturated heterocycles. The number of benzene rings is 2. The van der Waals surface area contributed by atoms with Gasteiger partial charge in [-0.25, -0.2) is 0 Å². The lowest BCUT2D eigenvalue weighted by Crippen LogP contribution is -2.27. The molecule has 3 nitrogen and oxygen atoms in total. The molecule has 0 amide bonds. The van der Waals surface area contributed by atoms with Crippen LogP contribution in [0.4, 0.5) is 11.4 Å². The minimum absolute atomic E-state index is 1.02. The maximum absolute atomic E-state index is 3.28. The molecule has 2 rings (SSSR count). The number of hydrogen-bond acceptors (Lipinski definition) is 3. The van der Waals surface area contributed by atoms with Gasteiger partial charge in [-0.1, -0.05) is 36.4 Å². The van der Waals surface area contributed by atoms with Crippen LogP contribution in [0.2, 0.25) is 0 Å². The fourth-order valence-corrected chi connectivity index (χ4v) is 2.06. The molecular weight excluding hydrogens is 246 g/mol. The molecule has 0 atom stereocenters. The van der Waals surface area contributed by atoms with Crippen molar-refractivity contribution in [1.82, 2.24) is 10.2 Å². The third kappa shape index (κ3) is 3.32. The molecule has 0 aliphatic carbocycles. The van der Waals surface area contributed by atoms with Gasteiger partial charge < -0.3 is 10.2 Å². The highest BCUT2D eigenvalue weighted by atomic mass is 15.3. The maximum Gasteiger partial charge on any atom is 0.127 e. The number of nitrogens with zero attached hydrogens (tertiary/aromatic N) is 2. The van der Waals surface area contributed by atoms with E-state index in [1.165, 1.54) is 0 Å². The molecule has 20 heavy (non-hydrogen) atoms. The van der Waals surface area contributed by atoms with Crippen LogP contribution in [0.1, 0.15) is 0 Å². The van der Waals surface area contributed by atoms with Gasteiger partial charge in [0.1, 0.15) is 5.82 Å². The second-order valence-electron chi connectivity index (χ2n) is 4.73. The Balaban J connectivity index is 2.50. The quantitative estimate of drug-likeness (QED) is 0.895. The Kier molecular flexibility index (Phi) is 4.66. The first-order chi connectivity index (χ1) is 9.72. The van der Waals surface area contributed by atoms with Crippen LogP contribution >= 0.6 is 0 Å². The molecule has 1 N–H and O–H groups in total. The Bertz CT molecular complexity index is 507. The van der Waals surface area contributed by atoms with E-state index in [2.05, 4.69) is 40.7 Å². The second kappa shape index (κ2) is 6.66. The topological polar surface area (TPSA) is 18.5 Å². The van der Waals surface area contributed by atoms with Crippen molar-refractivity contribution in [1.29, 1.82) is 0 Å². The van der Waals surface area contributed by atoms with E-state index < -0.39 is 0 Å². The molecule has 3 heteroatoms. The minimum Gasteiger partial charge on any atom is -0.381 e. The predicted molar refractivity (Wildman–Crippen MR) is 85.9 cm³/mol. The first-order valence-corrected chi connectivity index (χ1v) is 6.68. The summed E-state index contributed by atoms with van der Waals surface area (Å²) in [6.07, 6.45) is 2.07. The number of hydrogen-bond donors (Lipinski definition) is 1. The lowest BCUT2D eigenvalue weighted by Gasteiger charge is -2.28. The number of anilines is 2. The van der Waals surface area contributed by atoms with Gasteiger partial charge in [0.2, 0.25) is 0 Å². The standard InChI is InChI=1S/C17H21N3/c1-18-17(14-19(2)3)20(15-10-6-4-7-11-15)16-12-8-5-9-13-16/h4-14,18H,1-3H3/b17-14+. The van der Waals surface area contributed by atoms with Gasteiger partial charge >= 0.3 is 0 Å². The van der Waals surface area contributed by atoms with Gasteiger partial charge in [-0.05, 0) is 24.3 Å². The van der Waals surface area contributed by atoms with Crippen molar-refractivity contribution in [3.8, 4) is 0 Å². The Morgan fingerprint density at radius 3 is 1.65 bits per heavy atom. The fourth-order valence-electron chi connectivity index (χ4n) is 2.06. The van der Waals surface area contributed by atoms with Crippen molar-refractivity contribution in [2.75, 3.05) is 26.0 Å². The predicted octanol–water partition coefficient (Wildman–Crippen LogP) is 3.40. The Hall–Kier alpha value is -2.42. The highest BCUT2D eigenvalue weighted by Crippen LogP contribution is 2.28. The summed E-state index contributed by atoms with van der Waals surface area (Å²) in [5.74, 6) is 1.02. The van der Waals surface area contributed by atoms with E-state index in [1.54, 1.807) is 0 Å². The molecule has 0 aromatic heterocycles. The molecule has 2 aromatic carbocycles. The van der Waals surface area contributed by atoms with E-state index >= 15 is 0 Å². The zero-order chi connectivity index (χ0) is 14.4. The first kappa shape index (κ1) is 14.0. The van der Waals surface area contributed by atoms with Gasteiger partial charge in [0, 0.05) is 38.7 Å². The largest absolute Gasteiger partial charge is 0.381 e. The first-order valence-electron chi connectivity index (χ1n) is 6.68. The smallest absolute Gasteiger partial charge is 0.127 e. The molecule has 0 aliphatic heterocycles. The van der Waals surface area contributed by atoms with Crippen LogP contribution in [-0.4, -0.2) is 26.0 Å². The van der Waals surface area contributed by atoms with Crippen molar-refractivity contribution < 1.29 is 0 Å². The lowest BCUT2D eigenvalue weighted by atomic mass is 10.2. The molecule has 0 spiro atoms. The summed E-state index contributed by atoms with van der Waals surface area (Å²) < 4.78 is 0. The molecule has 0 unspecified atom stereocenters. The zero-order valence-corrected chi connectivity index (χ0v) is 12.2. The summed E-state index contributed by atoms with van der Waals surface area (Å²) in [4.78, 5) is 4.23. The SMILES string of the molecule is CN/C(=C\N(C)C)N(c1ccccc1)c1ccccc1. The Morgan fingerprint density at radius 1 is 0.850 bits per heavy atom. The molecule has 0 bridgehead atoms. The molecule has 0 heterocycles. The van der Waals surface area contributed by atoms with Gasteiger partial charge in [-0.2, -0.15) is 0 Å². The molecule has 2 aromatic rings. The zero-order valence-electron chi connectivity index (χ0n) is 12.2. The lowest BCUT2D eigenvalue weighted by molar-refractivity contribution is 0.551. The number of nitrogens with one attached hydrogen (secondary N) is 1. The average molecular weight is 267 g/mol. The highest BCUT2D eigenvalue weighted by Gasteiger charge is 2.13. The van der Waals surface area contributed by atoms with Crippen LogP contribution < -0.4 is 10.2 Å². The van der Waals surface area contributed by atoms with Gasteiger partial charge in [-0.3, -0.25) is 4.90 Å². The average Bonchev–Trinajstić information content (AvgIpc) is 2.48. The second-order valence-corrected chi connectivity index (χ2v) is 4.73. The monoisotopic (exact) mass is 267 g/mol. The van der Waals surface area contributed by atoms with Gasteiger partial charge in [0.15, 0.2) is 0 Å². The summed E-state index contributed by atoms with van der Waals surface area (Å²) in [5.41, 5.74) is 2.25. The number of rotatable bonds is 5. The van der Waals surface area contributed by atoms with Crippen LogP contribution in [0.3, 0.4) is 0 Å². The third-order valence-electron chi connectivity index (χ3n) is 2.91. The van der Waals surface area contributed by atoms with Crippen molar-refractivity contribution in [3.05, 3.63) is 72.7 Å². The summed E-state index contributed by atoms with van der Waals surface area (Å²) in [6.45, 7) is 0. The Labute approximate surface area is 121 Å². The molecular formula is C17H21N3. The van der Waals surface area contributed by atoms with Crippen LogP contribution in [0.25, 0.3) is 0 Å². The van der Waals surface area contributed by atoms with Crippen molar-refractivity contribution in [2.24, 2.45) is 0 Å². The van der Waals surface area contributed by atoms with E-state index in [0.29, 0.717) is 0 Å². The maximum atomic E-state index is 3.28.